The molecule has 0 spiro atoms. The third kappa shape index (κ3) is 3.66. The fourth-order valence-electron chi connectivity index (χ4n) is 1.16. The summed E-state index contributed by atoms with van der Waals surface area (Å²) in [6.45, 7) is 8.99. The summed E-state index contributed by atoms with van der Waals surface area (Å²) in [6, 6.07) is 5.61. The van der Waals surface area contributed by atoms with E-state index in [0.29, 0.717) is 5.75 Å². The molecule has 0 bridgehead atoms. The number of benzene rings is 1. The molecule has 0 aliphatic carbocycles. The van der Waals surface area contributed by atoms with Gasteiger partial charge in [-0.2, -0.15) is 0 Å². The number of allylic oxidation sites excluding steroid dienone is 1. The van der Waals surface area contributed by atoms with Gasteiger partial charge >= 0.3 is 5.97 Å². The topological polar surface area (TPSA) is 26.3 Å². The number of carbonyl (C=O) groups excluding carboxylic acids is 1. The van der Waals surface area contributed by atoms with Crippen molar-refractivity contribution in [2.24, 2.45) is 0 Å². The lowest BCUT2D eigenvalue weighted by atomic mass is 10.0. The smallest absolute Gasteiger partial charge is 0.308 e. The molecular formula is C12H12IO2. The summed E-state index contributed by atoms with van der Waals surface area (Å²) in [4.78, 5) is 10.8. The van der Waals surface area contributed by atoms with Crippen LogP contribution in [-0.2, 0) is 4.79 Å². The quantitative estimate of drug-likeness (QED) is 0.370. The molecule has 1 aromatic rings. The third-order valence-electron chi connectivity index (χ3n) is 1.87. The van der Waals surface area contributed by atoms with Crippen molar-refractivity contribution in [3.63, 3.8) is 0 Å². The minimum absolute atomic E-state index is 0.00836. The van der Waals surface area contributed by atoms with Crippen LogP contribution in [-0.4, -0.2) is 5.97 Å². The molecule has 0 amide bonds. The number of rotatable bonds is 3. The fourth-order valence-corrected chi connectivity index (χ4v) is 1.83. The highest BCUT2D eigenvalue weighted by Gasteiger charge is 2.06. The van der Waals surface area contributed by atoms with Gasteiger partial charge in [0.25, 0.3) is 0 Å². The van der Waals surface area contributed by atoms with Crippen LogP contribution in [0.4, 0.5) is 0 Å². The second-order valence-electron chi connectivity index (χ2n) is 3.16. The standard InChI is InChI=1S/C12H12IO2/c1-4-8(2)10-5-11(13)7-12(6-10)15-9(3)14/h4-8H,1-2H2,3H3. The molecule has 0 aromatic heterocycles. The van der Waals surface area contributed by atoms with Crippen LogP contribution in [0.1, 0.15) is 18.4 Å². The molecule has 0 heterocycles. The molecule has 3 heteroatoms. The number of esters is 1. The molecule has 2 nitrogen and oxygen atoms in total. The fraction of sp³-hybridized carbons (Fsp3) is 0.167. The average molecular weight is 315 g/mol. The maximum Gasteiger partial charge on any atom is 0.308 e. The molecular weight excluding hydrogens is 303 g/mol. The van der Waals surface area contributed by atoms with E-state index in [9.17, 15) is 4.79 Å². The largest absolute Gasteiger partial charge is 0.427 e. The van der Waals surface area contributed by atoms with Crippen LogP contribution in [0, 0.1) is 10.5 Å². The van der Waals surface area contributed by atoms with Crippen molar-refractivity contribution in [2.75, 3.05) is 0 Å². The summed E-state index contributed by atoms with van der Waals surface area (Å²) >= 11 is 2.17. The summed E-state index contributed by atoms with van der Waals surface area (Å²) in [6.07, 6.45) is 1.75. The van der Waals surface area contributed by atoms with Crippen molar-refractivity contribution < 1.29 is 9.53 Å². The van der Waals surface area contributed by atoms with Crippen molar-refractivity contribution in [3.8, 4) is 5.75 Å². The first-order valence-electron chi connectivity index (χ1n) is 4.47. The normalized spacial score (nSPS) is 11.9. The maximum absolute atomic E-state index is 10.8. The zero-order chi connectivity index (χ0) is 11.4. The molecule has 0 aliphatic rings. The molecule has 0 saturated carbocycles. The van der Waals surface area contributed by atoms with E-state index in [-0.39, 0.29) is 11.9 Å². The van der Waals surface area contributed by atoms with Crippen LogP contribution in [0.2, 0.25) is 0 Å². The predicted molar refractivity (Wildman–Crippen MR) is 68.8 cm³/mol. The van der Waals surface area contributed by atoms with Gasteiger partial charge in [0.05, 0.1) is 0 Å². The Morgan fingerprint density at radius 1 is 1.53 bits per heavy atom. The molecule has 1 unspecified atom stereocenters. The minimum atomic E-state index is -0.317. The molecule has 1 radical (unpaired) electrons. The monoisotopic (exact) mass is 315 g/mol. The van der Waals surface area contributed by atoms with Crippen LogP contribution in [0.3, 0.4) is 0 Å². The van der Waals surface area contributed by atoms with Crippen molar-refractivity contribution >= 4 is 28.6 Å². The molecule has 0 aliphatic heterocycles. The minimum Gasteiger partial charge on any atom is -0.427 e. The van der Waals surface area contributed by atoms with Crippen LogP contribution >= 0.6 is 22.6 Å². The van der Waals surface area contributed by atoms with Gasteiger partial charge in [-0.15, -0.1) is 6.58 Å². The molecule has 1 rings (SSSR count). The number of halogens is 1. The number of hydrogen-bond donors (Lipinski definition) is 0. The molecule has 1 aromatic carbocycles. The van der Waals surface area contributed by atoms with Gasteiger partial charge in [0.15, 0.2) is 0 Å². The van der Waals surface area contributed by atoms with Crippen LogP contribution in [0.25, 0.3) is 0 Å². The van der Waals surface area contributed by atoms with Gasteiger partial charge in [-0.3, -0.25) is 4.79 Å². The van der Waals surface area contributed by atoms with Gasteiger partial charge in [-0.25, -0.2) is 0 Å². The highest BCUT2D eigenvalue weighted by Crippen LogP contribution is 2.24. The lowest BCUT2D eigenvalue weighted by Crippen LogP contribution is -2.02. The Balaban J connectivity index is 3.04. The lowest BCUT2D eigenvalue weighted by Gasteiger charge is -2.09. The Labute approximate surface area is 103 Å². The molecule has 0 N–H and O–H groups in total. The van der Waals surface area contributed by atoms with E-state index in [4.69, 9.17) is 4.74 Å². The zero-order valence-electron chi connectivity index (χ0n) is 8.50. The summed E-state index contributed by atoms with van der Waals surface area (Å²) in [7, 11) is 0. The number of carbonyl (C=O) groups is 1. The molecule has 0 saturated heterocycles. The van der Waals surface area contributed by atoms with E-state index < -0.39 is 0 Å². The van der Waals surface area contributed by atoms with Crippen molar-refractivity contribution in [1.82, 2.24) is 0 Å². The summed E-state index contributed by atoms with van der Waals surface area (Å²) < 4.78 is 6.04. The first-order chi connectivity index (χ1) is 7.02. The molecule has 0 fully saturated rings. The van der Waals surface area contributed by atoms with E-state index >= 15 is 0 Å². The van der Waals surface area contributed by atoms with Crippen LogP contribution in [0.5, 0.6) is 5.75 Å². The van der Waals surface area contributed by atoms with E-state index in [1.54, 1.807) is 12.1 Å². The number of hydrogen-bond acceptors (Lipinski definition) is 2. The second-order valence-corrected chi connectivity index (χ2v) is 4.40. The Kier molecular flexibility index (Phi) is 4.32. The Bertz CT molecular complexity index is 385. The van der Waals surface area contributed by atoms with Gasteiger partial charge in [-0.1, -0.05) is 6.08 Å². The van der Waals surface area contributed by atoms with Gasteiger partial charge in [0.1, 0.15) is 5.75 Å². The van der Waals surface area contributed by atoms with Crippen molar-refractivity contribution in [2.45, 2.75) is 12.8 Å². The maximum atomic E-state index is 10.8. The van der Waals surface area contributed by atoms with Gasteiger partial charge < -0.3 is 4.74 Å². The third-order valence-corrected chi connectivity index (χ3v) is 2.49. The van der Waals surface area contributed by atoms with Gasteiger partial charge in [0.2, 0.25) is 0 Å². The first-order valence-corrected chi connectivity index (χ1v) is 5.55. The van der Waals surface area contributed by atoms with Gasteiger partial charge in [0, 0.05) is 16.4 Å². The SMILES string of the molecule is [CH2]C(C=C)c1cc(I)cc(OC(C)=O)c1. The van der Waals surface area contributed by atoms with E-state index in [1.807, 2.05) is 12.1 Å². The van der Waals surface area contributed by atoms with E-state index in [0.717, 1.165) is 9.13 Å². The Morgan fingerprint density at radius 3 is 2.73 bits per heavy atom. The average Bonchev–Trinajstić information content (AvgIpc) is 2.14. The van der Waals surface area contributed by atoms with Crippen molar-refractivity contribution in [1.29, 1.82) is 0 Å². The van der Waals surface area contributed by atoms with Crippen LogP contribution < -0.4 is 4.74 Å². The molecule has 15 heavy (non-hydrogen) atoms. The Hall–Kier alpha value is -0.840. The highest BCUT2D eigenvalue weighted by molar-refractivity contribution is 14.1. The van der Waals surface area contributed by atoms with Crippen molar-refractivity contribution in [3.05, 3.63) is 46.9 Å². The Morgan fingerprint density at radius 2 is 2.20 bits per heavy atom. The predicted octanol–water partition coefficient (Wildman–Crippen LogP) is 3.32. The zero-order valence-corrected chi connectivity index (χ0v) is 10.7. The van der Waals surface area contributed by atoms with E-state index in [2.05, 4.69) is 36.1 Å². The van der Waals surface area contributed by atoms with Crippen LogP contribution in [0.15, 0.2) is 30.9 Å². The summed E-state index contributed by atoms with van der Waals surface area (Å²) in [5.74, 6) is 0.246. The van der Waals surface area contributed by atoms with E-state index in [1.165, 1.54) is 6.92 Å². The molecule has 1 atom stereocenters. The molecule has 79 valence electrons. The summed E-state index contributed by atoms with van der Waals surface area (Å²) in [5.41, 5.74) is 0.994. The van der Waals surface area contributed by atoms with Gasteiger partial charge in [-0.05, 0) is 53.3 Å². The number of ether oxygens (including phenoxy) is 1. The summed E-state index contributed by atoms with van der Waals surface area (Å²) in [5, 5.41) is 0. The highest BCUT2D eigenvalue weighted by atomic mass is 127. The lowest BCUT2D eigenvalue weighted by molar-refractivity contribution is -0.131. The second kappa shape index (κ2) is 5.30. The first kappa shape index (κ1) is 12.2.